The SMILES string of the molecule is Cc1ccc(-c2c(C)cc(C3CCC(O)CC3)cc2C)cc1. The van der Waals surface area contributed by atoms with Gasteiger partial charge in [0.15, 0.2) is 0 Å². The molecule has 3 rings (SSSR count). The summed E-state index contributed by atoms with van der Waals surface area (Å²) in [5.41, 5.74) is 8.18. The van der Waals surface area contributed by atoms with Crippen LogP contribution in [-0.4, -0.2) is 11.2 Å². The van der Waals surface area contributed by atoms with E-state index in [2.05, 4.69) is 57.2 Å². The predicted molar refractivity (Wildman–Crippen MR) is 93.3 cm³/mol. The molecule has 1 nitrogen and oxygen atoms in total. The van der Waals surface area contributed by atoms with Crippen LogP contribution >= 0.6 is 0 Å². The number of rotatable bonds is 2. The number of aliphatic hydroxyl groups excluding tert-OH is 1. The molecule has 1 N–H and O–H groups in total. The number of aryl methyl sites for hydroxylation is 3. The first kappa shape index (κ1) is 15.3. The van der Waals surface area contributed by atoms with Crippen molar-refractivity contribution in [1.82, 2.24) is 0 Å². The maximum Gasteiger partial charge on any atom is 0.0540 e. The Morgan fingerprint density at radius 1 is 0.818 bits per heavy atom. The van der Waals surface area contributed by atoms with Gasteiger partial charge in [-0.05, 0) is 80.2 Å². The Morgan fingerprint density at radius 2 is 1.36 bits per heavy atom. The van der Waals surface area contributed by atoms with E-state index in [1.165, 1.54) is 33.4 Å². The molecule has 22 heavy (non-hydrogen) atoms. The lowest BCUT2D eigenvalue weighted by Gasteiger charge is -2.27. The third-order valence-corrected chi connectivity index (χ3v) is 5.06. The van der Waals surface area contributed by atoms with Gasteiger partial charge in [0.2, 0.25) is 0 Å². The second-order valence-corrected chi connectivity index (χ2v) is 6.90. The van der Waals surface area contributed by atoms with Crippen LogP contribution < -0.4 is 0 Å². The number of aliphatic hydroxyl groups is 1. The Balaban J connectivity index is 1.93. The molecule has 116 valence electrons. The summed E-state index contributed by atoms with van der Waals surface area (Å²) in [6.45, 7) is 6.58. The van der Waals surface area contributed by atoms with Gasteiger partial charge in [0.05, 0.1) is 6.10 Å². The van der Waals surface area contributed by atoms with Crippen molar-refractivity contribution in [3.8, 4) is 11.1 Å². The summed E-state index contributed by atoms with van der Waals surface area (Å²) >= 11 is 0. The monoisotopic (exact) mass is 294 g/mol. The molecule has 2 aromatic carbocycles. The van der Waals surface area contributed by atoms with Crippen LogP contribution in [0.3, 0.4) is 0 Å². The lowest BCUT2D eigenvalue weighted by molar-refractivity contribution is 0.122. The summed E-state index contributed by atoms with van der Waals surface area (Å²) in [7, 11) is 0. The summed E-state index contributed by atoms with van der Waals surface area (Å²) in [6.07, 6.45) is 4.05. The maximum atomic E-state index is 9.70. The van der Waals surface area contributed by atoms with E-state index in [-0.39, 0.29) is 6.10 Å². The van der Waals surface area contributed by atoms with Crippen LogP contribution in [0.5, 0.6) is 0 Å². The molecule has 1 aliphatic rings. The van der Waals surface area contributed by atoms with Crippen molar-refractivity contribution in [2.75, 3.05) is 0 Å². The van der Waals surface area contributed by atoms with Gasteiger partial charge in [-0.25, -0.2) is 0 Å². The molecule has 0 radical (unpaired) electrons. The molecule has 1 heteroatoms. The van der Waals surface area contributed by atoms with Gasteiger partial charge in [-0.15, -0.1) is 0 Å². The summed E-state index contributed by atoms with van der Waals surface area (Å²) < 4.78 is 0. The van der Waals surface area contributed by atoms with E-state index < -0.39 is 0 Å². The molecule has 0 bridgehead atoms. The van der Waals surface area contributed by atoms with Crippen molar-refractivity contribution in [2.45, 2.75) is 58.5 Å². The molecule has 2 aromatic rings. The lowest BCUT2D eigenvalue weighted by atomic mass is 9.80. The molecule has 0 amide bonds. The molecule has 1 fully saturated rings. The first-order chi connectivity index (χ1) is 10.5. The number of hydrogen-bond donors (Lipinski definition) is 1. The second kappa shape index (κ2) is 6.26. The average molecular weight is 294 g/mol. The Morgan fingerprint density at radius 3 is 1.91 bits per heavy atom. The molecule has 0 spiro atoms. The first-order valence-corrected chi connectivity index (χ1v) is 8.41. The zero-order chi connectivity index (χ0) is 15.7. The summed E-state index contributed by atoms with van der Waals surface area (Å²) in [6, 6.07) is 13.5. The fraction of sp³-hybridized carbons (Fsp3) is 0.429. The zero-order valence-corrected chi connectivity index (χ0v) is 13.9. The molecular weight excluding hydrogens is 268 g/mol. The van der Waals surface area contributed by atoms with Gasteiger partial charge in [0, 0.05) is 0 Å². The highest BCUT2D eigenvalue weighted by atomic mass is 16.3. The highest BCUT2D eigenvalue weighted by Gasteiger charge is 2.21. The zero-order valence-electron chi connectivity index (χ0n) is 13.9. The van der Waals surface area contributed by atoms with Gasteiger partial charge in [0.1, 0.15) is 0 Å². The minimum absolute atomic E-state index is 0.0784. The van der Waals surface area contributed by atoms with E-state index in [1.807, 2.05) is 0 Å². The van der Waals surface area contributed by atoms with E-state index in [4.69, 9.17) is 0 Å². The second-order valence-electron chi connectivity index (χ2n) is 6.90. The first-order valence-electron chi connectivity index (χ1n) is 8.41. The number of benzene rings is 2. The molecule has 0 aliphatic heterocycles. The number of hydrogen-bond acceptors (Lipinski definition) is 1. The molecule has 1 aliphatic carbocycles. The Labute approximate surface area is 134 Å². The fourth-order valence-corrected chi connectivity index (χ4v) is 3.82. The predicted octanol–water partition coefficient (Wildman–Crippen LogP) is 5.30. The molecule has 1 saturated carbocycles. The quantitative estimate of drug-likeness (QED) is 0.797. The highest BCUT2D eigenvalue weighted by Crippen LogP contribution is 2.36. The third kappa shape index (κ3) is 3.10. The van der Waals surface area contributed by atoms with Gasteiger partial charge in [-0.2, -0.15) is 0 Å². The smallest absolute Gasteiger partial charge is 0.0540 e. The van der Waals surface area contributed by atoms with Crippen LogP contribution in [0.2, 0.25) is 0 Å². The maximum absolute atomic E-state index is 9.70. The van der Waals surface area contributed by atoms with Gasteiger partial charge in [-0.1, -0.05) is 42.0 Å². The van der Waals surface area contributed by atoms with E-state index >= 15 is 0 Å². The van der Waals surface area contributed by atoms with Crippen LogP contribution in [0.1, 0.15) is 53.9 Å². The molecule has 0 heterocycles. The highest BCUT2D eigenvalue weighted by molar-refractivity contribution is 5.71. The van der Waals surface area contributed by atoms with Crippen molar-refractivity contribution in [3.05, 3.63) is 58.7 Å². The van der Waals surface area contributed by atoms with Crippen LogP contribution in [0, 0.1) is 20.8 Å². The van der Waals surface area contributed by atoms with Crippen LogP contribution in [0.25, 0.3) is 11.1 Å². The molecule has 0 aromatic heterocycles. The lowest BCUT2D eigenvalue weighted by Crippen LogP contribution is -2.17. The van der Waals surface area contributed by atoms with Crippen LogP contribution in [-0.2, 0) is 0 Å². The third-order valence-electron chi connectivity index (χ3n) is 5.06. The van der Waals surface area contributed by atoms with Gasteiger partial charge >= 0.3 is 0 Å². The molecular formula is C21H26O. The van der Waals surface area contributed by atoms with Gasteiger partial charge < -0.3 is 5.11 Å². The van der Waals surface area contributed by atoms with Crippen molar-refractivity contribution in [1.29, 1.82) is 0 Å². The van der Waals surface area contributed by atoms with Gasteiger partial charge in [-0.3, -0.25) is 0 Å². The van der Waals surface area contributed by atoms with Crippen molar-refractivity contribution in [3.63, 3.8) is 0 Å². The summed E-state index contributed by atoms with van der Waals surface area (Å²) in [5, 5.41) is 9.70. The van der Waals surface area contributed by atoms with Crippen molar-refractivity contribution >= 4 is 0 Å². The normalized spacial score (nSPS) is 21.8. The van der Waals surface area contributed by atoms with E-state index in [0.717, 1.165) is 25.7 Å². The summed E-state index contributed by atoms with van der Waals surface area (Å²) in [5.74, 6) is 0.618. The minimum Gasteiger partial charge on any atom is -0.393 e. The topological polar surface area (TPSA) is 20.2 Å². The molecule has 0 unspecified atom stereocenters. The van der Waals surface area contributed by atoms with Crippen molar-refractivity contribution in [2.24, 2.45) is 0 Å². The van der Waals surface area contributed by atoms with Crippen molar-refractivity contribution < 1.29 is 5.11 Å². The fourth-order valence-electron chi connectivity index (χ4n) is 3.82. The van der Waals surface area contributed by atoms with Gasteiger partial charge in [0.25, 0.3) is 0 Å². The molecule has 0 saturated heterocycles. The van der Waals surface area contributed by atoms with E-state index in [1.54, 1.807) is 0 Å². The molecule has 0 atom stereocenters. The standard InChI is InChI=1S/C21H26O/c1-14-4-6-18(7-5-14)21-15(2)12-19(13-16(21)3)17-8-10-20(22)11-9-17/h4-7,12-13,17,20,22H,8-11H2,1-3H3. The van der Waals surface area contributed by atoms with Crippen LogP contribution in [0.4, 0.5) is 0 Å². The average Bonchev–Trinajstić information content (AvgIpc) is 2.49. The Bertz CT molecular complexity index is 623. The Hall–Kier alpha value is -1.60. The largest absolute Gasteiger partial charge is 0.393 e. The Kier molecular flexibility index (Phi) is 4.35. The van der Waals surface area contributed by atoms with E-state index in [9.17, 15) is 5.11 Å². The van der Waals surface area contributed by atoms with Crippen LogP contribution in [0.15, 0.2) is 36.4 Å². The van der Waals surface area contributed by atoms with E-state index in [0.29, 0.717) is 5.92 Å². The summed E-state index contributed by atoms with van der Waals surface area (Å²) in [4.78, 5) is 0. The minimum atomic E-state index is -0.0784.